The summed E-state index contributed by atoms with van der Waals surface area (Å²) in [6.07, 6.45) is 6.75. The SMILES string of the molecule is COc1ccc([C@@H](C(=O)NC2CCCCC2)N(C(=O)[C@@H](C)n2nnc3ccccc32)c2ccc(S(=O)(=O)N3CCC[C@@H](C)C3)cc2)cc1. The molecule has 6 rings (SSSR count). The molecule has 0 unspecified atom stereocenters. The number of anilines is 1. The van der Waals surface area contributed by atoms with Crippen LogP contribution in [-0.2, 0) is 19.6 Å². The highest BCUT2D eigenvalue weighted by atomic mass is 32.2. The van der Waals surface area contributed by atoms with Gasteiger partial charge in [0.25, 0.3) is 5.91 Å². The van der Waals surface area contributed by atoms with E-state index >= 15 is 0 Å². The molecule has 1 aromatic heterocycles. The third kappa shape index (κ3) is 6.95. The number of ether oxygens (including phenoxy) is 1. The number of nitrogens with zero attached hydrogens (tertiary/aromatic N) is 5. The monoisotopic (exact) mass is 672 g/mol. The molecule has 1 aliphatic heterocycles. The molecule has 48 heavy (non-hydrogen) atoms. The van der Waals surface area contributed by atoms with Crippen molar-refractivity contribution in [3.63, 3.8) is 0 Å². The topological polar surface area (TPSA) is 127 Å². The molecule has 4 aromatic rings. The minimum Gasteiger partial charge on any atom is -0.497 e. The third-order valence-electron chi connectivity index (χ3n) is 9.60. The van der Waals surface area contributed by atoms with Gasteiger partial charge in [0.05, 0.1) is 17.5 Å². The molecule has 2 aliphatic rings. The van der Waals surface area contributed by atoms with E-state index in [-0.39, 0.29) is 22.8 Å². The lowest BCUT2D eigenvalue weighted by molar-refractivity contribution is -0.128. The Hall–Kier alpha value is -4.29. The molecule has 0 bridgehead atoms. The highest BCUT2D eigenvalue weighted by Crippen LogP contribution is 2.34. The first-order valence-electron chi connectivity index (χ1n) is 16.8. The van der Waals surface area contributed by atoms with Crippen LogP contribution >= 0.6 is 0 Å². The number of carbonyl (C=O) groups excluding carboxylic acids is 2. The van der Waals surface area contributed by atoms with E-state index in [1.54, 1.807) is 55.1 Å². The van der Waals surface area contributed by atoms with Gasteiger partial charge < -0.3 is 10.1 Å². The Balaban J connectivity index is 1.43. The average Bonchev–Trinajstić information content (AvgIpc) is 3.55. The van der Waals surface area contributed by atoms with Gasteiger partial charge in [0, 0.05) is 24.8 Å². The van der Waals surface area contributed by atoms with Gasteiger partial charge in [0.1, 0.15) is 23.3 Å². The van der Waals surface area contributed by atoms with Crippen molar-refractivity contribution in [1.29, 1.82) is 0 Å². The van der Waals surface area contributed by atoms with Gasteiger partial charge in [0.15, 0.2) is 0 Å². The summed E-state index contributed by atoms with van der Waals surface area (Å²) in [7, 11) is -2.16. The number of benzene rings is 3. The normalized spacial score (nSPS) is 19.0. The Morgan fingerprint density at radius 3 is 2.33 bits per heavy atom. The Morgan fingerprint density at radius 1 is 0.938 bits per heavy atom. The Kier molecular flexibility index (Phi) is 10.1. The van der Waals surface area contributed by atoms with Gasteiger partial charge in [-0.15, -0.1) is 5.10 Å². The zero-order valence-electron chi connectivity index (χ0n) is 27.8. The van der Waals surface area contributed by atoms with Crippen molar-refractivity contribution >= 4 is 38.6 Å². The first-order chi connectivity index (χ1) is 23.2. The smallest absolute Gasteiger partial charge is 0.252 e. The van der Waals surface area contributed by atoms with Crippen LogP contribution in [0.2, 0.25) is 0 Å². The van der Waals surface area contributed by atoms with Crippen molar-refractivity contribution in [3.05, 3.63) is 78.4 Å². The maximum atomic E-state index is 14.8. The lowest BCUT2D eigenvalue weighted by atomic mass is 9.94. The summed E-state index contributed by atoms with van der Waals surface area (Å²) in [6, 6.07) is 18.9. The summed E-state index contributed by atoms with van der Waals surface area (Å²) in [4.78, 5) is 30.8. The summed E-state index contributed by atoms with van der Waals surface area (Å²) in [5.74, 6) is 0.191. The van der Waals surface area contributed by atoms with Crippen molar-refractivity contribution in [2.75, 3.05) is 25.1 Å². The maximum absolute atomic E-state index is 14.8. The van der Waals surface area contributed by atoms with Gasteiger partial charge in [-0.3, -0.25) is 14.5 Å². The number of nitrogens with one attached hydrogen (secondary N) is 1. The molecule has 1 N–H and O–H groups in total. The van der Waals surface area contributed by atoms with Crippen LogP contribution in [0.15, 0.2) is 77.7 Å². The fourth-order valence-electron chi connectivity index (χ4n) is 6.91. The first-order valence-corrected chi connectivity index (χ1v) is 18.3. The predicted molar refractivity (Wildman–Crippen MR) is 184 cm³/mol. The summed E-state index contributed by atoms with van der Waals surface area (Å²) in [5, 5.41) is 11.8. The molecular formula is C36H44N6O5S. The minimum absolute atomic E-state index is 0.0000799. The van der Waals surface area contributed by atoms with Gasteiger partial charge in [-0.1, -0.05) is 55.7 Å². The van der Waals surface area contributed by atoms with Crippen molar-refractivity contribution < 1.29 is 22.7 Å². The molecule has 1 saturated carbocycles. The third-order valence-corrected chi connectivity index (χ3v) is 11.5. The van der Waals surface area contributed by atoms with Gasteiger partial charge >= 0.3 is 0 Å². The average molecular weight is 673 g/mol. The van der Waals surface area contributed by atoms with Crippen LogP contribution < -0.4 is 15.0 Å². The molecule has 12 heteroatoms. The number of aromatic nitrogens is 3. The lowest BCUT2D eigenvalue weighted by Gasteiger charge is -2.35. The number of piperidine rings is 1. The number of methoxy groups -OCH3 is 1. The van der Waals surface area contributed by atoms with E-state index < -0.39 is 28.0 Å². The number of sulfonamides is 1. The van der Waals surface area contributed by atoms with E-state index in [4.69, 9.17) is 4.74 Å². The number of hydrogen-bond acceptors (Lipinski definition) is 7. The van der Waals surface area contributed by atoms with Crippen molar-refractivity contribution in [3.8, 4) is 5.75 Å². The standard InChI is InChI=1S/C36H44N6O5S/c1-25-10-9-23-40(24-25)48(45,46)31-21-17-29(18-22-31)41(36(44)26(2)42-33-14-8-7-13-32(33)38-39-42)34(27-15-19-30(47-3)20-16-27)35(43)37-28-11-5-4-6-12-28/h7-8,13-22,25-26,28,34H,4-6,9-12,23-24H2,1-3H3,(H,37,43)/t25-,26-,34+/m1/s1. The second kappa shape index (κ2) is 14.4. The van der Waals surface area contributed by atoms with E-state index in [0.717, 1.165) is 44.9 Å². The van der Waals surface area contributed by atoms with E-state index in [2.05, 4.69) is 22.6 Å². The van der Waals surface area contributed by atoms with Crippen molar-refractivity contribution in [2.24, 2.45) is 5.92 Å². The van der Waals surface area contributed by atoms with E-state index in [1.807, 2.05) is 24.3 Å². The second-order valence-corrected chi connectivity index (χ2v) is 15.0. The van der Waals surface area contributed by atoms with E-state index in [9.17, 15) is 18.0 Å². The minimum atomic E-state index is -3.74. The fraction of sp³-hybridized carbons (Fsp3) is 0.444. The molecular weight excluding hydrogens is 628 g/mol. The van der Waals surface area contributed by atoms with Crippen LogP contribution in [-0.4, -0.2) is 65.8 Å². The first kappa shape index (κ1) is 33.6. The lowest BCUT2D eigenvalue weighted by Crippen LogP contribution is -2.49. The zero-order valence-corrected chi connectivity index (χ0v) is 28.6. The van der Waals surface area contributed by atoms with Gasteiger partial charge in [-0.2, -0.15) is 4.31 Å². The van der Waals surface area contributed by atoms with Crippen LogP contribution in [0.4, 0.5) is 5.69 Å². The molecule has 2 amide bonds. The molecule has 1 saturated heterocycles. The maximum Gasteiger partial charge on any atom is 0.252 e. The largest absolute Gasteiger partial charge is 0.497 e. The number of fused-ring (bicyclic) bond motifs is 1. The van der Waals surface area contributed by atoms with Crippen LogP contribution in [0.5, 0.6) is 5.75 Å². The number of hydrogen-bond donors (Lipinski definition) is 1. The summed E-state index contributed by atoms with van der Waals surface area (Å²) < 4.78 is 35.8. The molecule has 0 radical (unpaired) electrons. The summed E-state index contributed by atoms with van der Waals surface area (Å²) in [6.45, 7) is 4.74. The zero-order chi connectivity index (χ0) is 33.8. The Labute approximate surface area is 282 Å². The molecule has 1 aliphatic carbocycles. The summed E-state index contributed by atoms with van der Waals surface area (Å²) in [5.41, 5.74) is 2.31. The summed E-state index contributed by atoms with van der Waals surface area (Å²) >= 11 is 0. The molecule has 11 nitrogen and oxygen atoms in total. The van der Waals surface area contributed by atoms with Crippen molar-refractivity contribution in [2.45, 2.75) is 81.8 Å². The molecule has 2 heterocycles. The number of amides is 2. The van der Waals surface area contributed by atoms with Crippen LogP contribution in [0.25, 0.3) is 11.0 Å². The van der Waals surface area contributed by atoms with Gasteiger partial charge in [-0.05, 0) is 92.6 Å². The van der Waals surface area contributed by atoms with Gasteiger partial charge in [-0.25, -0.2) is 13.1 Å². The highest BCUT2D eigenvalue weighted by Gasteiger charge is 2.38. The predicted octanol–water partition coefficient (Wildman–Crippen LogP) is 5.64. The van der Waals surface area contributed by atoms with Crippen molar-refractivity contribution in [1.82, 2.24) is 24.6 Å². The Morgan fingerprint density at radius 2 is 1.65 bits per heavy atom. The Bertz CT molecular complexity index is 1840. The van der Waals surface area contributed by atoms with E-state index in [0.29, 0.717) is 41.1 Å². The molecule has 3 atom stereocenters. The van der Waals surface area contributed by atoms with Crippen LogP contribution in [0, 0.1) is 5.92 Å². The molecule has 254 valence electrons. The number of carbonyl (C=O) groups is 2. The fourth-order valence-corrected chi connectivity index (χ4v) is 8.50. The second-order valence-electron chi connectivity index (χ2n) is 13.0. The highest BCUT2D eigenvalue weighted by molar-refractivity contribution is 7.89. The van der Waals surface area contributed by atoms with Gasteiger partial charge in [0.2, 0.25) is 15.9 Å². The number of rotatable bonds is 10. The van der Waals surface area contributed by atoms with Crippen LogP contribution in [0.3, 0.4) is 0 Å². The number of para-hydroxylation sites is 1. The molecule has 0 spiro atoms. The quantitative estimate of drug-likeness (QED) is 0.231. The molecule has 2 fully saturated rings. The van der Waals surface area contributed by atoms with E-state index in [1.165, 1.54) is 21.3 Å². The molecule has 3 aromatic carbocycles. The van der Waals surface area contributed by atoms with Crippen LogP contribution in [0.1, 0.15) is 76.4 Å².